The minimum absolute atomic E-state index is 0.255. The number of esters is 4. The zero-order valence-electron chi connectivity index (χ0n) is 18.7. The summed E-state index contributed by atoms with van der Waals surface area (Å²) in [5.41, 5.74) is 1.91. The molecule has 1 aromatic rings. The molecule has 0 aromatic heterocycles. The number of halogens is 1. The quantitative estimate of drug-likeness (QED) is 0.400. The maximum Gasteiger partial charge on any atom is 0.303 e. The molecule has 0 aliphatic carbocycles. The molecule has 0 N–H and O–H groups in total. The fourth-order valence-electron chi connectivity index (χ4n) is 4.12. The van der Waals surface area contributed by atoms with Crippen LogP contribution in [0.25, 0.3) is 0 Å². The highest BCUT2D eigenvalue weighted by molar-refractivity contribution is 9.10. The number of rotatable bonds is 6. The Labute approximate surface area is 199 Å². The van der Waals surface area contributed by atoms with Gasteiger partial charge in [0.05, 0.1) is 0 Å². The second-order valence-corrected chi connectivity index (χ2v) is 8.72. The Hall–Kier alpha value is -2.66. The van der Waals surface area contributed by atoms with Crippen molar-refractivity contribution >= 4 is 45.5 Å². The van der Waals surface area contributed by atoms with Crippen molar-refractivity contribution in [2.45, 2.75) is 64.8 Å². The van der Waals surface area contributed by atoms with Gasteiger partial charge in [-0.25, -0.2) is 0 Å². The van der Waals surface area contributed by atoms with Gasteiger partial charge in [0.2, 0.25) is 0 Å². The van der Waals surface area contributed by atoms with Gasteiger partial charge in [-0.3, -0.25) is 19.2 Å². The highest BCUT2D eigenvalue weighted by Crippen LogP contribution is 2.38. The van der Waals surface area contributed by atoms with Crippen LogP contribution in [0.2, 0.25) is 0 Å². The van der Waals surface area contributed by atoms with Gasteiger partial charge in [-0.15, -0.1) is 0 Å². The number of anilines is 1. The summed E-state index contributed by atoms with van der Waals surface area (Å²) in [6.07, 6.45) is -4.63. The molecule has 10 nitrogen and oxygen atoms in total. The first-order valence-electron chi connectivity index (χ1n) is 10.4. The molecule has 0 amide bonds. The smallest absolute Gasteiger partial charge is 0.303 e. The Morgan fingerprint density at radius 1 is 0.939 bits per heavy atom. The first-order valence-corrected chi connectivity index (χ1v) is 11.2. The number of nitrogens with zero attached hydrogens (tertiary/aromatic N) is 1. The van der Waals surface area contributed by atoms with Crippen LogP contribution in [-0.2, 0) is 49.3 Å². The number of ether oxygens (including phenoxy) is 5. The molecule has 2 heterocycles. The maximum absolute atomic E-state index is 12.0. The molecular weight excluding hydrogens is 502 g/mol. The van der Waals surface area contributed by atoms with Gasteiger partial charge in [0.25, 0.3) is 0 Å². The summed E-state index contributed by atoms with van der Waals surface area (Å²) in [7, 11) is 0. The Morgan fingerprint density at radius 2 is 1.55 bits per heavy atom. The average molecular weight is 528 g/mol. The third-order valence-electron chi connectivity index (χ3n) is 5.25. The van der Waals surface area contributed by atoms with Gasteiger partial charge in [0.1, 0.15) is 12.7 Å². The van der Waals surface area contributed by atoms with Gasteiger partial charge in [-0.2, -0.15) is 0 Å². The molecule has 0 bridgehead atoms. The summed E-state index contributed by atoms with van der Waals surface area (Å²) in [5, 5.41) is 0. The molecule has 11 heteroatoms. The van der Waals surface area contributed by atoms with Crippen LogP contribution in [0.3, 0.4) is 0 Å². The lowest BCUT2D eigenvalue weighted by Gasteiger charge is -2.47. The van der Waals surface area contributed by atoms with Gasteiger partial charge in [0.15, 0.2) is 24.5 Å². The summed E-state index contributed by atoms with van der Waals surface area (Å²) in [5.74, 6) is -2.50. The lowest BCUT2D eigenvalue weighted by Crippen LogP contribution is -2.66. The standard InChI is InChI=1S/C22H26BrNO9/c1-11(25)29-10-18-19(30-12(2)26)20(31-13(3)27)21(32-14(4)28)22(33-18)24-8-7-15-9-16(23)5-6-17(15)24/h5-6,9,18-22H,7-8,10H2,1-4H3/t18-,19-,20+,21-,22-/m1/s1. The van der Waals surface area contributed by atoms with Crippen molar-refractivity contribution in [1.29, 1.82) is 0 Å². The fourth-order valence-corrected chi connectivity index (χ4v) is 4.53. The van der Waals surface area contributed by atoms with Crippen molar-refractivity contribution in [3.63, 3.8) is 0 Å². The van der Waals surface area contributed by atoms with Crippen molar-refractivity contribution in [3.8, 4) is 0 Å². The lowest BCUT2D eigenvalue weighted by molar-refractivity contribution is -0.252. The van der Waals surface area contributed by atoms with E-state index in [0.717, 1.165) is 15.7 Å². The predicted molar refractivity (Wildman–Crippen MR) is 117 cm³/mol. The summed E-state index contributed by atoms with van der Waals surface area (Å²) in [4.78, 5) is 49.2. The minimum atomic E-state index is -1.19. The molecule has 5 atom stereocenters. The summed E-state index contributed by atoms with van der Waals surface area (Å²) in [6.45, 7) is 5.14. The molecule has 2 aliphatic heterocycles. The number of carbonyl (C=O) groups excluding carboxylic acids is 4. The van der Waals surface area contributed by atoms with Crippen molar-refractivity contribution in [1.82, 2.24) is 0 Å². The van der Waals surface area contributed by atoms with Gasteiger partial charge < -0.3 is 28.6 Å². The van der Waals surface area contributed by atoms with Crippen molar-refractivity contribution in [2.75, 3.05) is 18.1 Å². The summed E-state index contributed by atoms with van der Waals surface area (Å²) >= 11 is 3.46. The number of fused-ring (bicyclic) bond motifs is 1. The van der Waals surface area contributed by atoms with Crippen LogP contribution in [0, 0.1) is 0 Å². The normalized spacial score (nSPS) is 26.2. The monoisotopic (exact) mass is 527 g/mol. The van der Waals surface area contributed by atoms with Gasteiger partial charge in [0, 0.05) is 44.4 Å². The van der Waals surface area contributed by atoms with Crippen LogP contribution in [0.4, 0.5) is 5.69 Å². The van der Waals surface area contributed by atoms with E-state index in [4.69, 9.17) is 23.7 Å². The molecule has 0 unspecified atom stereocenters. The molecule has 2 aliphatic rings. The molecule has 180 valence electrons. The van der Waals surface area contributed by atoms with Crippen molar-refractivity contribution in [2.24, 2.45) is 0 Å². The molecule has 3 rings (SSSR count). The van der Waals surface area contributed by atoms with E-state index >= 15 is 0 Å². The zero-order valence-corrected chi connectivity index (χ0v) is 20.3. The topological polar surface area (TPSA) is 118 Å². The Kier molecular flexibility index (Phi) is 7.96. The van der Waals surface area contributed by atoms with E-state index in [1.807, 2.05) is 23.1 Å². The largest absolute Gasteiger partial charge is 0.463 e. The highest BCUT2D eigenvalue weighted by Gasteiger charge is 2.54. The fraction of sp³-hybridized carbons (Fsp3) is 0.545. The van der Waals surface area contributed by atoms with E-state index in [9.17, 15) is 19.2 Å². The number of carbonyl (C=O) groups is 4. The molecule has 0 spiro atoms. The van der Waals surface area contributed by atoms with Crippen LogP contribution >= 0.6 is 15.9 Å². The van der Waals surface area contributed by atoms with Crippen LogP contribution in [-0.4, -0.2) is 67.7 Å². The molecule has 1 aromatic carbocycles. The number of benzene rings is 1. The van der Waals surface area contributed by atoms with Crippen LogP contribution in [0.15, 0.2) is 22.7 Å². The van der Waals surface area contributed by atoms with Crippen LogP contribution in [0.1, 0.15) is 33.3 Å². The first kappa shape index (κ1) is 25.0. The second kappa shape index (κ2) is 10.5. The maximum atomic E-state index is 12.0. The van der Waals surface area contributed by atoms with Gasteiger partial charge >= 0.3 is 23.9 Å². The molecular formula is C22H26BrNO9. The third kappa shape index (κ3) is 6.02. The van der Waals surface area contributed by atoms with Crippen LogP contribution < -0.4 is 4.90 Å². The van der Waals surface area contributed by atoms with E-state index < -0.39 is 54.5 Å². The minimum Gasteiger partial charge on any atom is -0.463 e. The lowest BCUT2D eigenvalue weighted by atomic mass is 9.96. The number of hydrogen-bond acceptors (Lipinski definition) is 10. The van der Waals surface area contributed by atoms with E-state index in [0.29, 0.717) is 13.0 Å². The van der Waals surface area contributed by atoms with Crippen molar-refractivity contribution in [3.05, 3.63) is 28.2 Å². The zero-order chi connectivity index (χ0) is 24.3. The molecule has 1 saturated heterocycles. The highest BCUT2D eigenvalue weighted by atomic mass is 79.9. The van der Waals surface area contributed by atoms with Crippen LogP contribution in [0.5, 0.6) is 0 Å². The Morgan fingerprint density at radius 3 is 2.15 bits per heavy atom. The average Bonchev–Trinajstić information content (AvgIpc) is 3.11. The van der Waals surface area contributed by atoms with E-state index in [1.54, 1.807) is 0 Å². The van der Waals surface area contributed by atoms with Gasteiger partial charge in [-0.1, -0.05) is 15.9 Å². The van der Waals surface area contributed by atoms with Gasteiger partial charge in [-0.05, 0) is 30.2 Å². The van der Waals surface area contributed by atoms with E-state index in [1.165, 1.54) is 27.7 Å². The number of hydrogen-bond donors (Lipinski definition) is 0. The predicted octanol–water partition coefficient (Wildman–Crippen LogP) is 1.89. The molecule has 1 fully saturated rings. The first-order chi connectivity index (χ1) is 15.6. The summed E-state index contributed by atoms with van der Waals surface area (Å²) in [6, 6.07) is 5.77. The second-order valence-electron chi connectivity index (χ2n) is 7.81. The summed E-state index contributed by atoms with van der Waals surface area (Å²) < 4.78 is 28.8. The molecule has 0 radical (unpaired) electrons. The Balaban J connectivity index is 2.04. The Bertz CT molecular complexity index is 936. The van der Waals surface area contributed by atoms with E-state index in [-0.39, 0.29) is 6.61 Å². The van der Waals surface area contributed by atoms with Crippen molar-refractivity contribution < 1.29 is 42.9 Å². The molecule has 33 heavy (non-hydrogen) atoms. The van der Waals surface area contributed by atoms with E-state index in [2.05, 4.69) is 15.9 Å². The molecule has 0 saturated carbocycles. The SMILES string of the molecule is CC(=O)OC[C@H]1O[C@@H](N2CCc3cc(Br)ccc32)[C@H](OC(C)=O)[C@@H](OC(C)=O)[C@@H]1OC(C)=O. The third-order valence-corrected chi connectivity index (χ3v) is 5.74.